The molecule has 0 saturated carbocycles. The molecule has 0 aliphatic carbocycles. The Morgan fingerprint density at radius 3 is 2.45 bits per heavy atom. The molecule has 0 radical (unpaired) electrons. The summed E-state index contributed by atoms with van der Waals surface area (Å²) in [4.78, 5) is 23.8. The summed E-state index contributed by atoms with van der Waals surface area (Å²) < 4.78 is 24.0. The van der Waals surface area contributed by atoms with Gasteiger partial charge in [0, 0.05) is 11.5 Å². The second-order valence-electron chi connectivity index (χ2n) is 7.80. The smallest absolute Gasteiger partial charge is 0.306 e. The molecule has 2 heterocycles. The lowest BCUT2D eigenvalue weighted by Crippen LogP contribution is -2.26. The van der Waals surface area contributed by atoms with Crippen molar-refractivity contribution in [2.24, 2.45) is 5.92 Å². The number of thiazole rings is 1. The van der Waals surface area contributed by atoms with E-state index in [1.165, 1.54) is 18.0 Å². The first-order valence-corrected chi connectivity index (χ1v) is 13.4. The van der Waals surface area contributed by atoms with Crippen LogP contribution in [-0.4, -0.2) is 47.4 Å². The van der Waals surface area contributed by atoms with Crippen LogP contribution in [0.15, 0.2) is 39.1 Å². The van der Waals surface area contributed by atoms with Gasteiger partial charge in [-0.15, -0.1) is 0 Å². The molecule has 168 valence electrons. The van der Waals surface area contributed by atoms with Crippen LogP contribution in [-0.2, 0) is 9.84 Å². The molecule has 8 nitrogen and oxygen atoms in total. The lowest BCUT2D eigenvalue weighted by molar-refractivity contribution is 0.259. The quantitative estimate of drug-likeness (QED) is 0.313. The van der Waals surface area contributed by atoms with E-state index in [4.69, 9.17) is 0 Å². The minimum atomic E-state index is -3.25. The maximum absolute atomic E-state index is 11.9. The van der Waals surface area contributed by atoms with Gasteiger partial charge in [0.25, 0.3) is 0 Å². The van der Waals surface area contributed by atoms with Crippen molar-refractivity contribution in [3.05, 3.63) is 39.5 Å². The average molecular weight is 483 g/mol. The molecule has 0 aliphatic heterocycles. The first kappa shape index (κ1) is 23.7. The van der Waals surface area contributed by atoms with Crippen molar-refractivity contribution in [1.82, 2.24) is 15.0 Å². The molecule has 0 aliphatic rings. The van der Waals surface area contributed by atoms with Gasteiger partial charge in [-0.3, -0.25) is 9.78 Å². The lowest BCUT2D eigenvalue weighted by Gasteiger charge is -2.19. The van der Waals surface area contributed by atoms with E-state index in [0.29, 0.717) is 27.2 Å². The number of H-pyrrole nitrogens is 1. The van der Waals surface area contributed by atoms with E-state index in [0.717, 1.165) is 23.3 Å². The van der Waals surface area contributed by atoms with Gasteiger partial charge in [0.1, 0.15) is 4.70 Å². The normalized spacial score (nSPS) is 14.1. The van der Waals surface area contributed by atoms with E-state index in [-0.39, 0.29) is 27.7 Å². The van der Waals surface area contributed by atoms with E-state index >= 15 is 0 Å². The molecular weight excluding hydrogens is 456 g/mol. The molecule has 0 spiro atoms. The molecule has 3 rings (SSSR count). The van der Waals surface area contributed by atoms with Crippen molar-refractivity contribution >= 4 is 49.1 Å². The number of rotatable bonds is 9. The Hall–Kier alpha value is -1.95. The number of nitrogens with zero attached hydrogens (tertiary/aromatic N) is 2. The Kier molecular flexibility index (Phi) is 7.40. The summed E-state index contributed by atoms with van der Waals surface area (Å²) in [5.74, 6) is 0.908. The van der Waals surface area contributed by atoms with Gasteiger partial charge in [-0.1, -0.05) is 49.1 Å². The van der Waals surface area contributed by atoms with E-state index in [1.807, 2.05) is 6.92 Å². The topological polar surface area (TPSA) is 125 Å². The van der Waals surface area contributed by atoms with Crippen LogP contribution < -0.4 is 10.2 Å². The first-order valence-electron chi connectivity index (χ1n) is 9.81. The predicted octanol–water partition coefficient (Wildman–Crippen LogP) is 3.46. The third kappa shape index (κ3) is 6.06. The maximum atomic E-state index is 11.9. The van der Waals surface area contributed by atoms with Gasteiger partial charge in [-0.2, -0.15) is 0 Å². The third-order valence-corrected chi connectivity index (χ3v) is 7.66. The van der Waals surface area contributed by atoms with Crippen LogP contribution >= 0.6 is 23.1 Å². The number of thioether (sulfide) groups is 1. The fraction of sp³-hybridized carbons (Fsp3) is 0.450. The van der Waals surface area contributed by atoms with Crippen molar-refractivity contribution < 1.29 is 13.5 Å². The molecule has 0 saturated heterocycles. The van der Waals surface area contributed by atoms with Gasteiger partial charge < -0.3 is 10.4 Å². The van der Waals surface area contributed by atoms with Crippen LogP contribution in [0.5, 0.6) is 0 Å². The number of aromatic amines is 1. The molecule has 2 atom stereocenters. The SMILES string of the molecule is CC(C)C[C@H](CO)Nc1nc(SC(C)c2ccc(S(C)(=O)=O)cc2)nc2[nH]c(=O)sc12. The van der Waals surface area contributed by atoms with E-state index in [9.17, 15) is 18.3 Å². The van der Waals surface area contributed by atoms with Crippen molar-refractivity contribution in [2.45, 2.75) is 48.5 Å². The Morgan fingerprint density at radius 2 is 1.87 bits per heavy atom. The zero-order valence-electron chi connectivity index (χ0n) is 17.7. The minimum Gasteiger partial charge on any atom is -0.394 e. The second-order valence-corrected chi connectivity index (χ2v) is 12.1. The fourth-order valence-electron chi connectivity index (χ4n) is 3.13. The highest BCUT2D eigenvalue weighted by Gasteiger charge is 2.18. The van der Waals surface area contributed by atoms with Crippen LogP contribution in [0.1, 0.15) is 38.0 Å². The predicted molar refractivity (Wildman–Crippen MR) is 126 cm³/mol. The Bertz CT molecular complexity index is 1200. The largest absolute Gasteiger partial charge is 0.394 e. The molecule has 0 amide bonds. The first-order chi connectivity index (χ1) is 14.6. The van der Waals surface area contributed by atoms with Crippen molar-refractivity contribution in [1.29, 1.82) is 0 Å². The van der Waals surface area contributed by atoms with E-state index < -0.39 is 9.84 Å². The van der Waals surface area contributed by atoms with Crippen molar-refractivity contribution in [3.63, 3.8) is 0 Å². The van der Waals surface area contributed by atoms with Gasteiger partial charge in [0.15, 0.2) is 26.5 Å². The molecule has 0 bridgehead atoms. The second kappa shape index (κ2) is 9.68. The zero-order valence-corrected chi connectivity index (χ0v) is 20.2. The number of aliphatic hydroxyl groups excluding tert-OH is 1. The summed E-state index contributed by atoms with van der Waals surface area (Å²) in [6.45, 7) is 6.08. The summed E-state index contributed by atoms with van der Waals surface area (Å²) >= 11 is 2.44. The number of aliphatic hydroxyl groups is 1. The van der Waals surface area contributed by atoms with E-state index in [2.05, 4.69) is 34.1 Å². The number of hydrogen-bond acceptors (Lipinski definition) is 9. The number of anilines is 1. The molecule has 3 N–H and O–H groups in total. The van der Waals surface area contributed by atoms with Crippen molar-refractivity contribution in [3.8, 4) is 0 Å². The summed E-state index contributed by atoms with van der Waals surface area (Å²) in [5.41, 5.74) is 1.39. The van der Waals surface area contributed by atoms with Gasteiger partial charge >= 0.3 is 4.87 Å². The summed E-state index contributed by atoms with van der Waals surface area (Å²) in [7, 11) is -3.25. The Morgan fingerprint density at radius 1 is 1.19 bits per heavy atom. The standard InChI is InChI=1S/C20H26N4O4S3/c1-11(2)9-14(10-25)21-17-16-18(24-20(26)30-16)23-19(22-17)29-12(3)13-5-7-15(8-6-13)31(4,27)28/h5-8,11-12,14,25H,9-10H2,1-4H3,(H2,21,22,23,24,26)/t12?,14-/m1/s1. The van der Waals surface area contributed by atoms with Gasteiger partial charge in [-0.05, 0) is 37.0 Å². The summed E-state index contributed by atoms with van der Waals surface area (Å²) in [5, 5.41) is 13.4. The highest BCUT2D eigenvalue weighted by atomic mass is 32.2. The maximum Gasteiger partial charge on any atom is 0.306 e. The minimum absolute atomic E-state index is 0.0471. The third-order valence-electron chi connectivity index (χ3n) is 4.64. The molecule has 2 aromatic heterocycles. The zero-order chi connectivity index (χ0) is 22.8. The number of hydrogen-bond donors (Lipinski definition) is 3. The van der Waals surface area contributed by atoms with Crippen LogP contribution in [0.4, 0.5) is 5.82 Å². The monoisotopic (exact) mass is 482 g/mol. The molecule has 31 heavy (non-hydrogen) atoms. The number of nitrogens with one attached hydrogen (secondary N) is 2. The number of aromatic nitrogens is 3. The number of fused-ring (bicyclic) bond motifs is 1. The van der Waals surface area contributed by atoms with Crippen LogP contribution in [0, 0.1) is 5.92 Å². The fourth-order valence-corrected chi connectivity index (χ4v) is 5.39. The van der Waals surface area contributed by atoms with Crippen LogP contribution in [0.2, 0.25) is 0 Å². The molecule has 0 fully saturated rings. The molecule has 1 aromatic carbocycles. The van der Waals surface area contributed by atoms with Gasteiger partial charge in [0.05, 0.1) is 17.5 Å². The molecule has 1 unspecified atom stereocenters. The number of sulfone groups is 1. The van der Waals surface area contributed by atoms with E-state index in [1.54, 1.807) is 24.3 Å². The molecule has 3 aromatic rings. The summed E-state index contributed by atoms with van der Waals surface area (Å²) in [6, 6.07) is 6.56. The molecular formula is C20H26N4O4S3. The Balaban J connectivity index is 1.89. The van der Waals surface area contributed by atoms with Crippen LogP contribution in [0.25, 0.3) is 10.3 Å². The lowest BCUT2D eigenvalue weighted by atomic mass is 10.0. The van der Waals surface area contributed by atoms with Crippen molar-refractivity contribution in [2.75, 3.05) is 18.2 Å². The van der Waals surface area contributed by atoms with Gasteiger partial charge in [0.2, 0.25) is 0 Å². The highest BCUT2D eigenvalue weighted by Crippen LogP contribution is 2.35. The number of benzene rings is 1. The Labute approximate surface area is 189 Å². The average Bonchev–Trinajstić information content (AvgIpc) is 3.07. The highest BCUT2D eigenvalue weighted by molar-refractivity contribution is 7.99. The summed E-state index contributed by atoms with van der Waals surface area (Å²) in [6.07, 6.45) is 1.94. The molecule has 11 heteroatoms. The van der Waals surface area contributed by atoms with Gasteiger partial charge in [-0.25, -0.2) is 18.4 Å². The van der Waals surface area contributed by atoms with Crippen LogP contribution in [0.3, 0.4) is 0 Å².